The number of alkyl carbamates (subject to hydrolysis) is 1. The number of nitrogens with one attached hydrogen (secondary N) is 2. The average molecular weight is 469 g/mol. The Labute approximate surface area is 199 Å². The molecule has 0 aromatic heterocycles. The molecule has 2 aromatic carbocycles. The van der Waals surface area contributed by atoms with Gasteiger partial charge in [-0.15, -0.1) is 0 Å². The Bertz CT molecular complexity index is 1000. The van der Waals surface area contributed by atoms with Crippen LogP contribution in [0.4, 0.5) is 4.79 Å². The molecule has 0 bridgehead atoms. The first-order chi connectivity index (χ1) is 16.1. The Kier molecular flexibility index (Phi) is 7.94. The second-order valence-electron chi connectivity index (χ2n) is 9.75. The van der Waals surface area contributed by atoms with E-state index in [9.17, 15) is 19.5 Å². The maximum Gasteiger partial charge on any atom is 0.407 e. The van der Waals surface area contributed by atoms with Crippen LogP contribution in [0.15, 0.2) is 48.5 Å². The molecule has 34 heavy (non-hydrogen) atoms. The van der Waals surface area contributed by atoms with Gasteiger partial charge in [0.05, 0.1) is 12.5 Å². The van der Waals surface area contributed by atoms with Crippen LogP contribution in [0.5, 0.6) is 0 Å². The number of carbonyl (C=O) groups is 3. The van der Waals surface area contributed by atoms with Gasteiger partial charge in [-0.2, -0.15) is 0 Å². The standard InChI is InChI=1S/C26H32N2O6/c1-26(2,3)12-16(23(30)28-22(14-29)24(31)32)13-27-25(33)34-15-21-19-10-6-4-8-17(19)18-9-5-7-11-20(18)21/h4-11,16,21-22,29H,12-15H2,1-3H3,(H,27,33)(H,28,30)(H,31,32)/t16?,22-/m1/s1. The molecule has 0 radical (unpaired) electrons. The van der Waals surface area contributed by atoms with E-state index in [-0.39, 0.29) is 24.5 Å². The van der Waals surface area contributed by atoms with Crippen LogP contribution in [-0.2, 0) is 14.3 Å². The molecular formula is C26H32N2O6. The van der Waals surface area contributed by atoms with E-state index in [4.69, 9.17) is 9.84 Å². The molecule has 3 rings (SSSR count). The van der Waals surface area contributed by atoms with Crippen molar-refractivity contribution in [3.8, 4) is 11.1 Å². The van der Waals surface area contributed by atoms with Crippen molar-refractivity contribution in [1.29, 1.82) is 0 Å². The number of hydrogen-bond donors (Lipinski definition) is 4. The van der Waals surface area contributed by atoms with E-state index in [1.54, 1.807) is 0 Å². The average Bonchev–Trinajstić information content (AvgIpc) is 3.11. The van der Waals surface area contributed by atoms with Crippen molar-refractivity contribution in [2.24, 2.45) is 11.3 Å². The van der Waals surface area contributed by atoms with E-state index in [0.717, 1.165) is 22.3 Å². The molecule has 2 atom stereocenters. The molecular weight excluding hydrogens is 436 g/mol. The van der Waals surface area contributed by atoms with Crippen LogP contribution in [0, 0.1) is 11.3 Å². The topological polar surface area (TPSA) is 125 Å². The van der Waals surface area contributed by atoms with E-state index in [0.29, 0.717) is 6.42 Å². The number of carbonyl (C=O) groups excluding carboxylic acids is 2. The first-order valence-electron chi connectivity index (χ1n) is 11.3. The lowest BCUT2D eigenvalue weighted by atomic mass is 9.84. The van der Waals surface area contributed by atoms with Crippen LogP contribution in [-0.4, -0.2) is 54.0 Å². The monoisotopic (exact) mass is 468 g/mol. The maximum absolute atomic E-state index is 12.7. The number of hydrogen-bond acceptors (Lipinski definition) is 5. The molecule has 182 valence electrons. The maximum atomic E-state index is 12.7. The van der Waals surface area contributed by atoms with Gasteiger partial charge in [0.2, 0.25) is 5.91 Å². The summed E-state index contributed by atoms with van der Waals surface area (Å²) in [6.07, 6.45) is -0.245. The SMILES string of the molecule is CC(C)(C)CC(CNC(=O)OCC1c2ccccc2-c2ccccc21)C(=O)N[C@H](CO)C(=O)O. The Hall–Kier alpha value is -3.39. The predicted octanol–water partition coefficient (Wildman–Crippen LogP) is 3.14. The van der Waals surface area contributed by atoms with Crippen LogP contribution in [0.1, 0.15) is 44.2 Å². The third kappa shape index (κ3) is 6.14. The Balaban J connectivity index is 1.62. The fourth-order valence-electron chi connectivity index (χ4n) is 4.33. The highest BCUT2D eigenvalue weighted by Crippen LogP contribution is 2.44. The molecule has 8 heteroatoms. The van der Waals surface area contributed by atoms with Gasteiger partial charge in [-0.05, 0) is 34.1 Å². The lowest BCUT2D eigenvalue weighted by Gasteiger charge is -2.26. The fourth-order valence-corrected chi connectivity index (χ4v) is 4.33. The Morgan fingerprint density at radius 2 is 1.56 bits per heavy atom. The molecule has 2 aromatic rings. The minimum Gasteiger partial charge on any atom is -0.480 e. The molecule has 0 saturated carbocycles. The van der Waals surface area contributed by atoms with Crippen molar-refractivity contribution in [3.63, 3.8) is 0 Å². The van der Waals surface area contributed by atoms with Crippen LogP contribution in [0.3, 0.4) is 0 Å². The van der Waals surface area contributed by atoms with Gasteiger partial charge in [0.1, 0.15) is 12.6 Å². The van der Waals surface area contributed by atoms with E-state index >= 15 is 0 Å². The smallest absolute Gasteiger partial charge is 0.407 e. The summed E-state index contributed by atoms with van der Waals surface area (Å²) in [4.78, 5) is 36.3. The van der Waals surface area contributed by atoms with E-state index in [1.165, 1.54) is 0 Å². The predicted molar refractivity (Wildman–Crippen MR) is 127 cm³/mol. The second kappa shape index (κ2) is 10.7. The first kappa shape index (κ1) is 25.2. The molecule has 0 saturated heterocycles. The number of aliphatic hydroxyl groups is 1. The van der Waals surface area contributed by atoms with Crippen molar-refractivity contribution in [3.05, 3.63) is 59.7 Å². The number of aliphatic hydroxyl groups excluding tert-OH is 1. The zero-order valence-electron chi connectivity index (χ0n) is 19.7. The van der Waals surface area contributed by atoms with Crippen molar-refractivity contribution >= 4 is 18.0 Å². The molecule has 0 aliphatic heterocycles. The molecule has 0 fully saturated rings. The largest absolute Gasteiger partial charge is 0.480 e. The highest BCUT2D eigenvalue weighted by Gasteiger charge is 2.31. The number of fused-ring (bicyclic) bond motifs is 3. The molecule has 8 nitrogen and oxygen atoms in total. The Morgan fingerprint density at radius 3 is 2.06 bits per heavy atom. The van der Waals surface area contributed by atoms with Gasteiger partial charge in [-0.25, -0.2) is 9.59 Å². The number of ether oxygens (including phenoxy) is 1. The quantitative estimate of drug-likeness (QED) is 0.448. The third-order valence-corrected chi connectivity index (χ3v) is 5.86. The zero-order valence-corrected chi connectivity index (χ0v) is 19.7. The molecule has 1 aliphatic carbocycles. The lowest BCUT2D eigenvalue weighted by molar-refractivity contribution is -0.143. The van der Waals surface area contributed by atoms with Gasteiger partial charge in [-0.3, -0.25) is 4.79 Å². The van der Waals surface area contributed by atoms with Gasteiger partial charge in [-0.1, -0.05) is 69.3 Å². The normalized spacial score (nSPS) is 14.5. The van der Waals surface area contributed by atoms with Crippen molar-refractivity contribution < 1.29 is 29.3 Å². The number of aliphatic carboxylic acids is 1. The summed E-state index contributed by atoms with van der Waals surface area (Å²) in [5, 5.41) is 23.3. The van der Waals surface area contributed by atoms with Gasteiger partial charge in [0, 0.05) is 12.5 Å². The van der Waals surface area contributed by atoms with Crippen LogP contribution in [0.2, 0.25) is 0 Å². The summed E-state index contributed by atoms with van der Waals surface area (Å²) in [5.41, 5.74) is 4.22. The molecule has 4 N–H and O–H groups in total. The molecule has 0 heterocycles. The van der Waals surface area contributed by atoms with Gasteiger partial charge in [0.25, 0.3) is 0 Å². The molecule has 1 aliphatic rings. The summed E-state index contributed by atoms with van der Waals surface area (Å²) in [5.74, 6) is -2.63. The number of amides is 2. The van der Waals surface area contributed by atoms with Gasteiger partial charge in [0.15, 0.2) is 0 Å². The molecule has 0 spiro atoms. The number of carboxylic acid groups (broad SMARTS) is 1. The van der Waals surface area contributed by atoms with Crippen LogP contribution < -0.4 is 10.6 Å². The summed E-state index contributed by atoms with van der Waals surface area (Å²) in [7, 11) is 0. The third-order valence-electron chi connectivity index (χ3n) is 5.86. The van der Waals surface area contributed by atoms with Crippen LogP contribution >= 0.6 is 0 Å². The van der Waals surface area contributed by atoms with E-state index < -0.39 is 36.5 Å². The van der Waals surface area contributed by atoms with Crippen LogP contribution in [0.25, 0.3) is 11.1 Å². The lowest BCUT2D eigenvalue weighted by Crippen LogP contribution is -2.48. The second-order valence-corrected chi connectivity index (χ2v) is 9.75. The van der Waals surface area contributed by atoms with Gasteiger partial charge >= 0.3 is 12.1 Å². The molecule has 1 unspecified atom stereocenters. The number of carboxylic acids is 1. The zero-order chi connectivity index (χ0) is 24.9. The Morgan fingerprint density at radius 1 is 1.00 bits per heavy atom. The van der Waals surface area contributed by atoms with Crippen molar-refractivity contribution in [1.82, 2.24) is 10.6 Å². The first-order valence-corrected chi connectivity index (χ1v) is 11.3. The number of benzene rings is 2. The summed E-state index contributed by atoms with van der Waals surface area (Å²) < 4.78 is 5.52. The summed E-state index contributed by atoms with van der Waals surface area (Å²) in [6.45, 7) is 5.26. The van der Waals surface area contributed by atoms with Crippen molar-refractivity contribution in [2.45, 2.75) is 39.2 Å². The summed E-state index contributed by atoms with van der Waals surface area (Å²) in [6, 6.07) is 14.7. The highest BCUT2D eigenvalue weighted by molar-refractivity contribution is 5.85. The summed E-state index contributed by atoms with van der Waals surface area (Å²) >= 11 is 0. The molecule has 2 amide bonds. The van der Waals surface area contributed by atoms with E-state index in [2.05, 4.69) is 22.8 Å². The van der Waals surface area contributed by atoms with Gasteiger partial charge < -0.3 is 25.6 Å². The van der Waals surface area contributed by atoms with Crippen molar-refractivity contribution in [2.75, 3.05) is 19.8 Å². The minimum absolute atomic E-state index is 0.0163. The number of rotatable bonds is 9. The fraction of sp³-hybridized carbons (Fsp3) is 0.423. The highest BCUT2D eigenvalue weighted by atomic mass is 16.5. The van der Waals surface area contributed by atoms with E-state index in [1.807, 2.05) is 57.2 Å². The minimum atomic E-state index is -1.40.